The van der Waals surface area contributed by atoms with Crippen molar-refractivity contribution in [1.29, 1.82) is 0 Å². The summed E-state index contributed by atoms with van der Waals surface area (Å²) < 4.78 is 1.09. The van der Waals surface area contributed by atoms with Gasteiger partial charge in [-0.1, -0.05) is 71.9 Å². The van der Waals surface area contributed by atoms with E-state index < -0.39 is 0 Å². The van der Waals surface area contributed by atoms with Gasteiger partial charge in [-0.05, 0) is 18.1 Å². The third-order valence-corrected chi connectivity index (χ3v) is 4.65. The number of nitrogens with two attached hydrogens (primary N) is 1. The van der Waals surface area contributed by atoms with E-state index in [0.29, 0.717) is 23.0 Å². The second kappa shape index (κ2) is 7.31. The Kier molecular flexibility index (Phi) is 4.96. The van der Waals surface area contributed by atoms with Crippen LogP contribution in [0.2, 0.25) is 0 Å². The normalized spacial score (nSPS) is 10.7. The Morgan fingerprint density at radius 2 is 1.71 bits per heavy atom. The molecule has 0 atom stereocenters. The highest BCUT2D eigenvalue weighted by atomic mass is 32.2. The molecule has 2 N–H and O–H groups in total. The summed E-state index contributed by atoms with van der Waals surface area (Å²) in [5, 5.41) is 8.62. The van der Waals surface area contributed by atoms with Crippen LogP contribution in [0.5, 0.6) is 0 Å². The molecule has 0 fully saturated rings. The molecule has 24 heavy (non-hydrogen) atoms. The maximum Gasteiger partial charge on any atom is 0.294 e. The van der Waals surface area contributed by atoms with Crippen molar-refractivity contribution in [2.75, 3.05) is 5.84 Å². The number of aryl methyl sites for hydroxylation is 1. The first-order valence-electron chi connectivity index (χ1n) is 7.59. The van der Waals surface area contributed by atoms with Crippen molar-refractivity contribution in [3.8, 4) is 0 Å². The maximum atomic E-state index is 12.4. The van der Waals surface area contributed by atoms with Crippen LogP contribution in [0.1, 0.15) is 22.4 Å². The fourth-order valence-corrected chi connectivity index (χ4v) is 3.06. The monoisotopic (exact) mass is 338 g/mol. The van der Waals surface area contributed by atoms with E-state index in [9.17, 15) is 4.79 Å². The fourth-order valence-electron chi connectivity index (χ4n) is 2.25. The van der Waals surface area contributed by atoms with Crippen LogP contribution in [-0.4, -0.2) is 14.9 Å². The Balaban J connectivity index is 1.76. The first kappa shape index (κ1) is 16.3. The minimum atomic E-state index is -0.305. The van der Waals surface area contributed by atoms with Gasteiger partial charge in [0.25, 0.3) is 5.56 Å². The largest absolute Gasteiger partial charge is 0.334 e. The van der Waals surface area contributed by atoms with Crippen molar-refractivity contribution in [2.45, 2.75) is 24.3 Å². The van der Waals surface area contributed by atoms with Crippen LogP contribution in [0.4, 0.5) is 0 Å². The van der Waals surface area contributed by atoms with Crippen molar-refractivity contribution in [2.24, 2.45) is 0 Å². The molecule has 1 heterocycles. The van der Waals surface area contributed by atoms with E-state index in [1.807, 2.05) is 61.5 Å². The molecule has 0 unspecified atom stereocenters. The number of rotatable bonds is 5. The Bertz CT molecular complexity index is 876. The lowest BCUT2D eigenvalue weighted by Gasteiger charge is -2.08. The van der Waals surface area contributed by atoms with Crippen LogP contribution in [-0.2, 0) is 12.2 Å². The number of hydrogen-bond acceptors (Lipinski definition) is 5. The molecule has 0 aliphatic carbocycles. The van der Waals surface area contributed by atoms with E-state index in [0.717, 1.165) is 15.8 Å². The summed E-state index contributed by atoms with van der Waals surface area (Å²) >= 11 is 1.40. The number of nitrogen functional groups attached to an aromatic ring is 1. The van der Waals surface area contributed by atoms with Gasteiger partial charge < -0.3 is 5.84 Å². The highest BCUT2D eigenvalue weighted by Gasteiger charge is 2.11. The predicted molar refractivity (Wildman–Crippen MR) is 96.4 cm³/mol. The molecule has 0 saturated carbocycles. The van der Waals surface area contributed by atoms with E-state index in [-0.39, 0.29) is 5.56 Å². The van der Waals surface area contributed by atoms with Crippen molar-refractivity contribution >= 4 is 11.8 Å². The van der Waals surface area contributed by atoms with Crippen LogP contribution in [0.3, 0.4) is 0 Å². The van der Waals surface area contributed by atoms with Crippen molar-refractivity contribution < 1.29 is 0 Å². The summed E-state index contributed by atoms with van der Waals surface area (Å²) in [5.74, 6) is 6.59. The van der Waals surface area contributed by atoms with Crippen molar-refractivity contribution in [3.63, 3.8) is 0 Å². The summed E-state index contributed by atoms with van der Waals surface area (Å²) in [5.41, 5.74) is 3.37. The highest BCUT2D eigenvalue weighted by molar-refractivity contribution is 7.98. The Labute approximate surface area is 144 Å². The highest BCUT2D eigenvalue weighted by Crippen LogP contribution is 2.18. The van der Waals surface area contributed by atoms with Gasteiger partial charge in [0.05, 0.1) is 0 Å². The minimum absolute atomic E-state index is 0.305. The fraction of sp³-hybridized carbons (Fsp3) is 0.167. The smallest absolute Gasteiger partial charge is 0.294 e. The van der Waals surface area contributed by atoms with Gasteiger partial charge in [0, 0.05) is 12.2 Å². The van der Waals surface area contributed by atoms with E-state index in [2.05, 4.69) is 10.2 Å². The average Bonchev–Trinajstić information content (AvgIpc) is 2.61. The molecule has 0 aliphatic heterocycles. The average molecular weight is 338 g/mol. The molecule has 122 valence electrons. The second-order valence-corrected chi connectivity index (χ2v) is 6.48. The van der Waals surface area contributed by atoms with Crippen LogP contribution in [0.25, 0.3) is 0 Å². The molecule has 6 heteroatoms. The van der Waals surface area contributed by atoms with Crippen LogP contribution >= 0.6 is 11.8 Å². The Morgan fingerprint density at radius 1 is 1.00 bits per heavy atom. The number of aromatic nitrogens is 3. The predicted octanol–water partition coefficient (Wildman–Crippen LogP) is 2.54. The Hall–Kier alpha value is -2.60. The van der Waals surface area contributed by atoms with E-state index in [4.69, 9.17) is 5.84 Å². The second-order valence-electron chi connectivity index (χ2n) is 5.54. The van der Waals surface area contributed by atoms with Crippen LogP contribution < -0.4 is 11.4 Å². The van der Waals surface area contributed by atoms with E-state index in [1.54, 1.807) is 0 Å². The standard InChI is InChI=1S/C18H18N4OS/c1-13-7-9-14(10-8-13)11-16-17(23)22(19)18(21-20-16)24-12-15-5-3-2-4-6-15/h2-10H,11-12,19H2,1H3. The molecule has 0 spiro atoms. The zero-order valence-electron chi connectivity index (χ0n) is 13.3. The van der Waals surface area contributed by atoms with Gasteiger partial charge in [0.15, 0.2) is 0 Å². The van der Waals surface area contributed by atoms with E-state index >= 15 is 0 Å². The lowest BCUT2D eigenvalue weighted by atomic mass is 10.1. The van der Waals surface area contributed by atoms with Gasteiger partial charge >= 0.3 is 0 Å². The molecule has 3 aromatic rings. The molecule has 0 saturated heterocycles. The van der Waals surface area contributed by atoms with Crippen molar-refractivity contribution in [3.05, 3.63) is 87.3 Å². The van der Waals surface area contributed by atoms with Crippen molar-refractivity contribution in [1.82, 2.24) is 14.9 Å². The first-order chi connectivity index (χ1) is 11.6. The molecule has 1 aromatic heterocycles. The summed E-state index contributed by atoms with van der Waals surface area (Å²) in [6.07, 6.45) is 0.424. The van der Waals surface area contributed by atoms with Crippen LogP contribution in [0.15, 0.2) is 64.5 Å². The molecule has 2 aromatic carbocycles. The Morgan fingerprint density at radius 3 is 2.42 bits per heavy atom. The number of thioether (sulfide) groups is 1. The summed E-state index contributed by atoms with van der Waals surface area (Å²) in [7, 11) is 0. The maximum absolute atomic E-state index is 12.4. The van der Waals surface area contributed by atoms with Gasteiger partial charge in [0.2, 0.25) is 5.16 Å². The summed E-state index contributed by atoms with van der Waals surface area (Å²) in [6.45, 7) is 2.02. The molecular formula is C18H18N4OS. The van der Waals surface area contributed by atoms with Gasteiger partial charge in [0.1, 0.15) is 5.69 Å². The van der Waals surface area contributed by atoms with Gasteiger partial charge in [-0.2, -0.15) is 4.68 Å². The van der Waals surface area contributed by atoms with Gasteiger partial charge in [-0.25, -0.2) is 0 Å². The summed E-state index contributed by atoms with van der Waals surface area (Å²) in [6, 6.07) is 17.9. The summed E-state index contributed by atoms with van der Waals surface area (Å²) in [4.78, 5) is 12.4. The minimum Gasteiger partial charge on any atom is -0.334 e. The number of benzene rings is 2. The molecule has 3 rings (SSSR count). The number of nitrogens with zero attached hydrogens (tertiary/aromatic N) is 3. The molecular weight excluding hydrogens is 320 g/mol. The third kappa shape index (κ3) is 3.83. The molecule has 0 aliphatic rings. The lowest BCUT2D eigenvalue weighted by Crippen LogP contribution is -2.33. The molecule has 0 radical (unpaired) electrons. The molecule has 5 nitrogen and oxygen atoms in total. The van der Waals surface area contributed by atoms with Gasteiger partial charge in [-0.15, -0.1) is 10.2 Å². The molecule has 0 amide bonds. The third-order valence-electron chi connectivity index (χ3n) is 3.63. The number of hydrogen-bond donors (Lipinski definition) is 1. The topological polar surface area (TPSA) is 73.8 Å². The zero-order chi connectivity index (χ0) is 16.9. The SMILES string of the molecule is Cc1ccc(Cc2nnc(SCc3ccccc3)n(N)c2=O)cc1. The first-order valence-corrected chi connectivity index (χ1v) is 8.58. The van der Waals surface area contributed by atoms with Crippen LogP contribution in [0, 0.1) is 6.92 Å². The quantitative estimate of drug-likeness (QED) is 0.572. The van der Waals surface area contributed by atoms with E-state index in [1.165, 1.54) is 17.3 Å². The molecule has 0 bridgehead atoms. The zero-order valence-corrected chi connectivity index (χ0v) is 14.2. The van der Waals surface area contributed by atoms with Gasteiger partial charge in [-0.3, -0.25) is 4.79 Å². The lowest BCUT2D eigenvalue weighted by molar-refractivity contribution is 0.672.